The van der Waals surface area contributed by atoms with Gasteiger partial charge in [0, 0.05) is 25.9 Å². The Morgan fingerprint density at radius 3 is 2.56 bits per heavy atom. The average molecular weight is 402 g/mol. The number of rotatable bonds is 5. The minimum absolute atomic E-state index is 0.0325. The maximum absolute atomic E-state index is 13.2. The highest BCUT2D eigenvalue weighted by molar-refractivity contribution is 7.16. The zero-order valence-electron chi connectivity index (χ0n) is 13.8. The molecule has 0 spiro atoms. The molecule has 2 aromatic carbocycles. The third-order valence-corrected chi connectivity index (χ3v) is 5.01. The Labute approximate surface area is 163 Å². The van der Waals surface area contributed by atoms with Crippen LogP contribution in [0.15, 0.2) is 66.4 Å². The summed E-state index contributed by atoms with van der Waals surface area (Å²) in [6, 6.07) is 15.9. The predicted molar refractivity (Wildman–Crippen MR) is 104 cm³/mol. The van der Waals surface area contributed by atoms with E-state index in [0.717, 1.165) is 16.5 Å². The van der Waals surface area contributed by atoms with Gasteiger partial charge in [-0.05, 0) is 42.5 Å². The highest BCUT2D eigenvalue weighted by Crippen LogP contribution is 2.33. The molecule has 0 atom stereocenters. The van der Waals surface area contributed by atoms with Crippen LogP contribution in [0, 0.1) is 5.82 Å². The molecular formula is C20H13ClFNO3S. The largest absolute Gasteiger partial charge is 0.477 e. The van der Waals surface area contributed by atoms with Gasteiger partial charge in [0.15, 0.2) is 0 Å². The summed E-state index contributed by atoms with van der Waals surface area (Å²) < 4.78 is 13.2. The molecule has 4 nitrogen and oxygen atoms in total. The molecule has 3 aromatic rings. The Hall–Kier alpha value is -2.96. The van der Waals surface area contributed by atoms with Crippen molar-refractivity contribution in [3.63, 3.8) is 0 Å². The number of nitrogens with one attached hydrogen (secondary N) is 1. The lowest BCUT2D eigenvalue weighted by molar-refractivity contribution is -0.132. The van der Waals surface area contributed by atoms with Crippen molar-refractivity contribution < 1.29 is 19.1 Å². The van der Waals surface area contributed by atoms with Crippen molar-refractivity contribution in [2.24, 2.45) is 0 Å². The minimum atomic E-state index is -1.30. The molecule has 1 aromatic heterocycles. The summed E-state index contributed by atoms with van der Waals surface area (Å²) in [5, 5.41) is 12.3. The van der Waals surface area contributed by atoms with Gasteiger partial charge in [0.05, 0.1) is 0 Å². The first-order valence-corrected chi connectivity index (χ1v) is 9.00. The van der Waals surface area contributed by atoms with Crippen molar-refractivity contribution in [3.05, 3.63) is 87.6 Å². The van der Waals surface area contributed by atoms with Crippen LogP contribution in [-0.4, -0.2) is 17.0 Å². The second-order valence-corrected chi connectivity index (χ2v) is 7.03. The summed E-state index contributed by atoms with van der Waals surface area (Å²) >= 11 is 7.52. The second kappa shape index (κ2) is 8.16. The first-order valence-electron chi connectivity index (χ1n) is 7.80. The van der Waals surface area contributed by atoms with Crippen molar-refractivity contribution in [1.29, 1.82) is 0 Å². The quantitative estimate of drug-likeness (QED) is 0.587. The molecule has 27 heavy (non-hydrogen) atoms. The molecule has 136 valence electrons. The van der Waals surface area contributed by atoms with Gasteiger partial charge >= 0.3 is 5.97 Å². The van der Waals surface area contributed by atoms with Crippen LogP contribution in [-0.2, 0) is 4.79 Å². The number of halogens is 2. The van der Waals surface area contributed by atoms with Crippen molar-refractivity contribution in [2.45, 2.75) is 0 Å². The molecule has 7 heteroatoms. The molecule has 0 fully saturated rings. The van der Waals surface area contributed by atoms with Crippen LogP contribution in [0.3, 0.4) is 0 Å². The number of carboxylic acid groups (broad SMARTS) is 1. The van der Waals surface area contributed by atoms with E-state index in [0.29, 0.717) is 9.90 Å². The van der Waals surface area contributed by atoms with Gasteiger partial charge in [-0.3, -0.25) is 4.79 Å². The third kappa shape index (κ3) is 4.61. The molecular weight excluding hydrogens is 389 g/mol. The Morgan fingerprint density at radius 2 is 1.85 bits per heavy atom. The van der Waals surface area contributed by atoms with Crippen molar-refractivity contribution >= 4 is 40.9 Å². The minimum Gasteiger partial charge on any atom is -0.477 e. The highest BCUT2D eigenvalue weighted by atomic mass is 35.5. The van der Waals surface area contributed by atoms with Crippen LogP contribution >= 0.6 is 22.9 Å². The van der Waals surface area contributed by atoms with Gasteiger partial charge in [-0.2, -0.15) is 0 Å². The SMILES string of the molecule is O=C(O)/C(=C\c1ccc(-c2ccccc2Cl)s1)NC(=O)c1cccc(F)c1. The Bertz CT molecular complexity index is 1040. The van der Waals surface area contributed by atoms with Gasteiger partial charge in [0.25, 0.3) is 5.91 Å². The van der Waals surface area contributed by atoms with Crippen molar-refractivity contribution in [3.8, 4) is 10.4 Å². The summed E-state index contributed by atoms with van der Waals surface area (Å²) in [4.78, 5) is 25.2. The standard InChI is InChI=1S/C20H13ClFNO3S/c21-16-7-2-1-6-15(16)18-9-8-14(27-18)11-17(20(25)26)23-19(24)12-4-3-5-13(22)10-12/h1-11H,(H,23,24)(H,25,26)/b17-11+. The topological polar surface area (TPSA) is 66.4 Å². The number of hydrogen-bond acceptors (Lipinski definition) is 3. The van der Waals surface area contributed by atoms with Crippen molar-refractivity contribution in [1.82, 2.24) is 5.32 Å². The number of aliphatic carboxylic acids is 1. The van der Waals surface area contributed by atoms with Gasteiger partial charge in [-0.1, -0.05) is 35.9 Å². The van der Waals surface area contributed by atoms with Gasteiger partial charge in [0.2, 0.25) is 0 Å². The average Bonchev–Trinajstić information content (AvgIpc) is 3.09. The molecule has 2 N–H and O–H groups in total. The molecule has 0 unspecified atom stereocenters. The molecule has 1 amide bonds. The number of hydrogen-bond donors (Lipinski definition) is 2. The second-order valence-electron chi connectivity index (χ2n) is 5.51. The van der Waals surface area contributed by atoms with Crippen LogP contribution in [0.25, 0.3) is 16.5 Å². The molecule has 0 aliphatic heterocycles. The van der Waals surface area contributed by atoms with Crippen molar-refractivity contribution in [2.75, 3.05) is 0 Å². The first kappa shape index (κ1) is 18.8. The van der Waals surface area contributed by atoms with E-state index < -0.39 is 17.7 Å². The Morgan fingerprint density at radius 1 is 1.07 bits per heavy atom. The maximum Gasteiger partial charge on any atom is 0.352 e. The van der Waals surface area contributed by atoms with Crippen LogP contribution in [0.4, 0.5) is 4.39 Å². The van der Waals surface area contributed by atoms with Gasteiger partial charge in [-0.25, -0.2) is 9.18 Å². The third-order valence-electron chi connectivity index (χ3n) is 3.62. The van der Waals surface area contributed by atoms with Gasteiger partial charge in [0.1, 0.15) is 11.5 Å². The Balaban J connectivity index is 1.85. The molecule has 0 aliphatic rings. The zero-order valence-corrected chi connectivity index (χ0v) is 15.4. The lowest BCUT2D eigenvalue weighted by Crippen LogP contribution is -2.27. The Kier molecular flexibility index (Phi) is 5.69. The van der Waals surface area contributed by atoms with E-state index in [9.17, 15) is 19.1 Å². The van der Waals surface area contributed by atoms with Crippen LogP contribution in [0.2, 0.25) is 5.02 Å². The summed E-state index contributed by atoms with van der Waals surface area (Å²) in [5.41, 5.74) is 0.561. The molecule has 3 rings (SSSR count). The first-order chi connectivity index (χ1) is 12.9. The zero-order chi connectivity index (χ0) is 19.4. The fourth-order valence-corrected chi connectivity index (χ4v) is 3.64. The monoisotopic (exact) mass is 401 g/mol. The van der Waals surface area contributed by atoms with Crippen LogP contribution < -0.4 is 5.32 Å². The summed E-state index contributed by atoms with van der Waals surface area (Å²) in [7, 11) is 0. The van der Waals surface area contributed by atoms with E-state index in [1.165, 1.54) is 35.6 Å². The van der Waals surface area contributed by atoms with E-state index in [4.69, 9.17) is 11.6 Å². The van der Waals surface area contributed by atoms with E-state index in [1.807, 2.05) is 24.3 Å². The number of benzene rings is 2. The van der Waals surface area contributed by atoms with E-state index >= 15 is 0 Å². The number of carbonyl (C=O) groups is 2. The molecule has 0 aliphatic carbocycles. The smallest absolute Gasteiger partial charge is 0.352 e. The lowest BCUT2D eigenvalue weighted by Gasteiger charge is -2.06. The number of thiophene rings is 1. The van der Waals surface area contributed by atoms with Crippen LogP contribution in [0.5, 0.6) is 0 Å². The molecule has 0 saturated carbocycles. The molecule has 0 saturated heterocycles. The summed E-state index contributed by atoms with van der Waals surface area (Å²) in [6.45, 7) is 0. The molecule has 1 heterocycles. The fraction of sp³-hybridized carbons (Fsp3) is 0. The predicted octanol–water partition coefficient (Wildman–Crippen LogP) is 5.06. The van der Waals surface area contributed by atoms with Gasteiger partial charge < -0.3 is 10.4 Å². The van der Waals surface area contributed by atoms with E-state index in [-0.39, 0.29) is 11.3 Å². The number of carboxylic acids is 1. The van der Waals surface area contributed by atoms with Gasteiger partial charge in [-0.15, -0.1) is 11.3 Å². The highest BCUT2D eigenvalue weighted by Gasteiger charge is 2.15. The number of amides is 1. The maximum atomic E-state index is 13.2. The fourth-order valence-electron chi connectivity index (χ4n) is 2.35. The van der Waals surface area contributed by atoms with E-state index in [1.54, 1.807) is 12.1 Å². The molecule has 0 radical (unpaired) electrons. The lowest BCUT2D eigenvalue weighted by atomic mass is 10.2. The summed E-state index contributed by atoms with van der Waals surface area (Å²) in [5.74, 6) is -2.58. The van der Waals surface area contributed by atoms with E-state index in [2.05, 4.69) is 5.32 Å². The number of carbonyl (C=O) groups excluding carboxylic acids is 1. The summed E-state index contributed by atoms with van der Waals surface area (Å²) in [6.07, 6.45) is 1.35. The normalized spacial score (nSPS) is 11.3. The molecule has 0 bridgehead atoms. The van der Waals surface area contributed by atoms with Crippen LogP contribution in [0.1, 0.15) is 15.2 Å².